The molecule has 1 heterocycles. The number of benzene rings is 1. The molecule has 1 aromatic rings. The summed E-state index contributed by atoms with van der Waals surface area (Å²) in [7, 11) is 1.37. The van der Waals surface area contributed by atoms with Crippen molar-refractivity contribution in [3.63, 3.8) is 0 Å². The summed E-state index contributed by atoms with van der Waals surface area (Å²) < 4.78 is 4.83. The number of ether oxygens (including phenoxy) is 1. The van der Waals surface area contributed by atoms with Crippen molar-refractivity contribution in [3.05, 3.63) is 22.7 Å². The minimum absolute atomic E-state index is 0.395. The van der Waals surface area contributed by atoms with E-state index < -0.39 is 5.97 Å². The number of hydrogen-bond acceptors (Lipinski definition) is 4. The molecule has 0 spiro atoms. The van der Waals surface area contributed by atoms with Gasteiger partial charge in [-0.3, -0.25) is 0 Å². The number of rotatable bonds is 2. The van der Waals surface area contributed by atoms with Crippen molar-refractivity contribution in [1.29, 1.82) is 0 Å². The molecule has 0 atom stereocenters. The first-order valence-electron chi connectivity index (χ1n) is 6.55. The van der Waals surface area contributed by atoms with Gasteiger partial charge in [0, 0.05) is 18.8 Å². The molecule has 1 aliphatic rings. The van der Waals surface area contributed by atoms with Crippen LogP contribution in [-0.4, -0.2) is 26.2 Å². The van der Waals surface area contributed by atoms with E-state index in [-0.39, 0.29) is 0 Å². The van der Waals surface area contributed by atoms with E-state index in [1.807, 2.05) is 0 Å². The van der Waals surface area contributed by atoms with E-state index in [9.17, 15) is 4.79 Å². The van der Waals surface area contributed by atoms with Gasteiger partial charge >= 0.3 is 5.97 Å². The van der Waals surface area contributed by atoms with Crippen LogP contribution in [0.5, 0.6) is 0 Å². The molecular weight excluding hydrogens is 264 g/mol. The molecule has 1 aromatic carbocycles. The van der Waals surface area contributed by atoms with Gasteiger partial charge in [0.1, 0.15) is 0 Å². The molecule has 0 aliphatic carbocycles. The Labute approximate surface area is 118 Å². The van der Waals surface area contributed by atoms with E-state index >= 15 is 0 Å². The van der Waals surface area contributed by atoms with Crippen LogP contribution >= 0.6 is 11.6 Å². The monoisotopic (exact) mass is 282 g/mol. The van der Waals surface area contributed by atoms with Gasteiger partial charge in [-0.2, -0.15) is 0 Å². The van der Waals surface area contributed by atoms with Crippen LogP contribution in [0.1, 0.15) is 36.0 Å². The Balaban J connectivity index is 2.44. The summed E-state index contributed by atoms with van der Waals surface area (Å²) in [6.45, 7) is 1.82. The quantitative estimate of drug-likeness (QED) is 0.669. The lowest BCUT2D eigenvalue weighted by molar-refractivity contribution is 0.0601. The summed E-state index contributed by atoms with van der Waals surface area (Å²) in [5.74, 6) is -0.395. The van der Waals surface area contributed by atoms with Gasteiger partial charge in [0.05, 0.1) is 23.4 Å². The summed E-state index contributed by atoms with van der Waals surface area (Å²) in [6.07, 6.45) is 4.66. The molecule has 104 valence electrons. The molecule has 2 N–H and O–H groups in total. The number of nitrogen functional groups attached to an aromatic ring is 1. The number of esters is 1. The maximum atomic E-state index is 11.9. The maximum absolute atomic E-state index is 11.9. The summed E-state index contributed by atoms with van der Waals surface area (Å²) >= 11 is 6.29. The molecule has 4 nitrogen and oxygen atoms in total. The third-order valence-electron chi connectivity index (χ3n) is 3.41. The highest BCUT2D eigenvalue weighted by atomic mass is 35.5. The molecule has 1 saturated heterocycles. The molecule has 19 heavy (non-hydrogen) atoms. The van der Waals surface area contributed by atoms with Crippen LogP contribution in [0.2, 0.25) is 5.02 Å². The van der Waals surface area contributed by atoms with Crippen molar-refractivity contribution in [3.8, 4) is 0 Å². The second kappa shape index (κ2) is 6.15. The zero-order valence-electron chi connectivity index (χ0n) is 11.1. The van der Waals surface area contributed by atoms with E-state index in [2.05, 4.69) is 4.90 Å². The van der Waals surface area contributed by atoms with Gasteiger partial charge in [0.2, 0.25) is 0 Å². The molecule has 0 unspecified atom stereocenters. The van der Waals surface area contributed by atoms with Gasteiger partial charge < -0.3 is 15.4 Å². The van der Waals surface area contributed by atoms with E-state index in [0.29, 0.717) is 16.3 Å². The third kappa shape index (κ3) is 3.13. The fourth-order valence-corrected chi connectivity index (χ4v) is 2.85. The molecular formula is C14H19ClN2O2. The van der Waals surface area contributed by atoms with E-state index in [1.54, 1.807) is 12.1 Å². The number of nitrogens with zero attached hydrogens (tertiary/aromatic N) is 1. The van der Waals surface area contributed by atoms with Crippen molar-refractivity contribution in [2.24, 2.45) is 0 Å². The number of carbonyl (C=O) groups excluding carboxylic acids is 1. The lowest BCUT2D eigenvalue weighted by Crippen LogP contribution is -2.26. The third-order valence-corrected chi connectivity index (χ3v) is 3.70. The number of anilines is 2. The Morgan fingerprint density at radius 1 is 1.26 bits per heavy atom. The fraction of sp³-hybridized carbons (Fsp3) is 0.500. The van der Waals surface area contributed by atoms with Crippen LogP contribution < -0.4 is 10.6 Å². The van der Waals surface area contributed by atoms with Crippen molar-refractivity contribution in [1.82, 2.24) is 0 Å². The van der Waals surface area contributed by atoms with Crippen LogP contribution in [0.4, 0.5) is 11.4 Å². The molecule has 1 aliphatic heterocycles. The molecule has 2 rings (SSSR count). The van der Waals surface area contributed by atoms with Crippen molar-refractivity contribution in [2.75, 3.05) is 30.8 Å². The minimum Gasteiger partial charge on any atom is -0.465 e. The molecule has 0 aromatic heterocycles. The lowest BCUT2D eigenvalue weighted by Gasteiger charge is -2.26. The number of methoxy groups -OCH3 is 1. The Hall–Kier alpha value is -1.42. The van der Waals surface area contributed by atoms with Gasteiger partial charge in [-0.05, 0) is 25.0 Å². The zero-order valence-corrected chi connectivity index (χ0v) is 11.9. The number of halogens is 1. The second-order valence-corrected chi connectivity index (χ2v) is 5.20. The molecule has 0 bridgehead atoms. The summed E-state index contributed by atoms with van der Waals surface area (Å²) in [5, 5.41) is 0.516. The molecule has 0 amide bonds. The highest BCUT2D eigenvalue weighted by Gasteiger charge is 2.22. The molecule has 0 radical (unpaired) electrons. The number of hydrogen-bond donors (Lipinski definition) is 1. The topological polar surface area (TPSA) is 55.6 Å². The smallest absolute Gasteiger partial charge is 0.340 e. The van der Waals surface area contributed by atoms with Crippen LogP contribution in [0.3, 0.4) is 0 Å². The van der Waals surface area contributed by atoms with Gasteiger partial charge in [0.25, 0.3) is 0 Å². The molecule has 5 heteroatoms. The highest BCUT2D eigenvalue weighted by molar-refractivity contribution is 6.34. The first kappa shape index (κ1) is 14.0. The van der Waals surface area contributed by atoms with E-state index in [4.69, 9.17) is 22.1 Å². The first-order chi connectivity index (χ1) is 9.13. The van der Waals surface area contributed by atoms with Gasteiger partial charge in [0.15, 0.2) is 0 Å². The summed E-state index contributed by atoms with van der Waals surface area (Å²) in [4.78, 5) is 14.1. The zero-order chi connectivity index (χ0) is 13.8. The summed E-state index contributed by atoms with van der Waals surface area (Å²) in [6, 6.07) is 3.33. The Morgan fingerprint density at radius 2 is 1.89 bits per heavy atom. The van der Waals surface area contributed by atoms with Crippen LogP contribution in [0.15, 0.2) is 12.1 Å². The Bertz CT molecular complexity index is 469. The summed E-state index contributed by atoms with van der Waals surface area (Å²) in [5.41, 5.74) is 7.45. The van der Waals surface area contributed by atoms with Crippen molar-refractivity contribution in [2.45, 2.75) is 25.7 Å². The van der Waals surface area contributed by atoms with Crippen LogP contribution in [0, 0.1) is 0 Å². The minimum atomic E-state index is -0.395. The Kier molecular flexibility index (Phi) is 4.53. The van der Waals surface area contributed by atoms with Crippen molar-refractivity contribution >= 4 is 28.9 Å². The lowest BCUT2D eigenvalue weighted by atomic mass is 10.1. The van der Waals surface area contributed by atoms with E-state index in [1.165, 1.54) is 20.0 Å². The predicted molar refractivity (Wildman–Crippen MR) is 77.9 cm³/mol. The van der Waals surface area contributed by atoms with E-state index in [0.717, 1.165) is 31.6 Å². The molecule has 1 fully saturated rings. The molecule has 0 saturated carbocycles. The average molecular weight is 283 g/mol. The second-order valence-electron chi connectivity index (χ2n) is 4.79. The van der Waals surface area contributed by atoms with Crippen molar-refractivity contribution < 1.29 is 9.53 Å². The highest BCUT2D eigenvalue weighted by Crippen LogP contribution is 2.34. The largest absolute Gasteiger partial charge is 0.465 e. The standard InChI is InChI=1S/C14H19ClN2O2/c1-19-14(18)11-8-10(16)9-12(15)13(11)17-6-4-2-3-5-7-17/h8-9H,2-7,16H2,1H3. The van der Waals surface area contributed by atoms with Gasteiger partial charge in [-0.1, -0.05) is 24.4 Å². The maximum Gasteiger partial charge on any atom is 0.340 e. The normalized spacial score (nSPS) is 16.0. The number of carbonyl (C=O) groups is 1. The first-order valence-corrected chi connectivity index (χ1v) is 6.93. The Morgan fingerprint density at radius 3 is 2.47 bits per heavy atom. The van der Waals surface area contributed by atoms with Crippen LogP contribution in [-0.2, 0) is 4.74 Å². The van der Waals surface area contributed by atoms with Gasteiger partial charge in [-0.15, -0.1) is 0 Å². The van der Waals surface area contributed by atoms with Crippen LogP contribution in [0.25, 0.3) is 0 Å². The SMILES string of the molecule is COC(=O)c1cc(N)cc(Cl)c1N1CCCCCC1. The van der Waals surface area contributed by atoms with Gasteiger partial charge in [-0.25, -0.2) is 4.79 Å². The average Bonchev–Trinajstić information content (AvgIpc) is 2.65. The predicted octanol–water partition coefficient (Wildman–Crippen LogP) is 3.09. The fourth-order valence-electron chi connectivity index (χ4n) is 2.50. The number of nitrogens with two attached hydrogens (primary N) is 1.